The molecule has 1 aliphatic rings. The van der Waals surface area contributed by atoms with Gasteiger partial charge >= 0.3 is 6.18 Å². The molecule has 1 aromatic carbocycles. The van der Waals surface area contributed by atoms with E-state index in [4.69, 9.17) is 5.73 Å². The number of hydrogen-bond acceptors (Lipinski definition) is 2. The Morgan fingerprint density at radius 3 is 2.62 bits per heavy atom. The number of aryl methyl sites for hydroxylation is 1. The fourth-order valence-corrected chi connectivity index (χ4v) is 1.87. The summed E-state index contributed by atoms with van der Waals surface area (Å²) in [5, 5.41) is 0. The maximum absolute atomic E-state index is 12.8. The van der Waals surface area contributed by atoms with Crippen LogP contribution in [0.1, 0.15) is 29.2 Å². The third kappa shape index (κ3) is 1.66. The van der Waals surface area contributed by atoms with Crippen LogP contribution in [0.5, 0.6) is 0 Å². The Hall–Kier alpha value is -1.52. The fourth-order valence-electron chi connectivity index (χ4n) is 1.87. The largest absolute Gasteiger partial charge is 0.417 e. The predicted molar refractivity (Wildman–Crippen MR) is 55.3 cm³/mol. The minimum absolute atomic E-state index is 0.00928. The zero-order valence-corrected chi connectivity index (χ0v) is 8.73. The van der Waals surface area contributed by atoms with Gasteiger partial charge in [-0.05, 0) is 23.6 Å². The number of aliphatic imine (C=N–C) groups is 1. The van der Waals surface area contributed by atoms with Gasteiger partial charge < -0.3 is 5.73 Å². The van der Waals surface area contributed by atoms with E-state index < -0.39 is 11.7 Å². The molecular formula is C11H11F3N2. The lowest BCUT2D eigenvalue weighted by Crippen LogP contribution is -2.19. The van der Waals surface area contributed by atoms with E-state index in [-0.39, 0.29) is 17.9 Å². The zero-order chi connectivity index (χ0) is 11.9. The number of amidine groups is 1. The van der Waals surface area contributed by atoms with Crippen molar-refractivity contribution in [3.8, 4) is 0 Å². The second kappa shape index (κ2) is 3.50. The molecule has 0 spiro atoms. The van der Waals surface area contributed by atoms with Gasteiger partial charge in [0.15, 0.2) is 0 Å². The van der Waals surface area contributed by atoms with E-state index in [9.17, 15) is 13.2 Å². The van der Waals surface area contributed by atoms with Crippen molar-refractivity contribution in [2.75, 3.05) is 0 Å². The number of halogens is 3. The summed E-state index contributed by atoms with van der Waals surface area (Å²) in [6, 6.07) is 2.90. The first-order valence-corrected chi connectivity index (χ1v) is 4.96. The molecule has 2 rings (SSSR count). The first kappa shape index (κ1) is 11.0. The zero-order valence-electron chi connectivity index (χ0n) is 8.73. The molecule has 0 atom stereocenters. The Kier molecular flexibility index (Phi) is 2.40. The van der Waals surface area contributed by atoms with Gasteiger partial charge in [0.1, 0.15) is 5.84 Å². The summed E-state index contributed by atoms with van der Waals surface area (Å²) in [5.41, 5.74) is 6.12. The molecule has 0 saturated carbocycles. The topological polar surface area (TPSA) is 38.4 Å². The summed E-state index contributed by atoms with van der Waals surface area (Å²) < 4.78 is 38.5. The Morgan fingerprint density at radius 1 is 1.38 bits per heavy atom. The summed E-state index contributed by atoms with van der Waals surface area (Å²) in [6.07, 6.45) is -3.81. The van der Waals surface area contributed by atoms with Crippen LogP contribution in [0.15, 0.2) is 17.1 Å². The number of nitrogens with zero attached hydrogens (tertiary/aromatic N) is 1. The van der Waals surface area contributed by atoms with Gasteiger partial charge in [-0.3, -0.25) is 4.99 Å². The molecule has 5 heteroatoms. The lowest BCUT2D eigenvalue weighted by molar-refractivity contribution is -0.137. The minimum Gasteiger partial charge on any atom is -0.383 e. The molecule has 2 N–H and O–H groups in total. The first-order chi connectivity index (χ1) is 7.43. The standard InChI is InChI=1S/C11H11F3N2/c1-2-6-3-7-5-16-10(15)9(7)8(4-6)11(12,13)14/h3-4H,2,5H2,1H3,(H2,15,16). The maximum Gasteiger partial charge on any atom is 0.417 e. The third-order valence-electron chi connectivity index (χ3n) is 2.67. The van der Waals surface area contributed by atoms with Crippen LogP contribution in [0.2, 0.25) is 0 Å². The molecule has 0 bridgehead atoms. The average molecular weight is 228 g/mol. The highest BCUT2D eigenvalue weighted by molar-refractivity contribution is 6.02. The monoisotopic (exact) mass is 228 g/mol. The van der Waals surface area contributed by atoms with Gasteiger partial charge in [0.05, 0.1) is 12.1 Å². The predicted octanol–water partition coefficient (Wildman–Crippen LogP) is 2.49. The Bertz CT molecular complexity index is 461. The number of fused-ring (bicyclic) bond motifs is 1. The number of hydrogen-bond donors (Lipinski definition) is 1. The third-order valence-corrected chi connectivity index (χ3v) is 2.67. The Morgan fingerprint density at radius 2 is 2.06 bits per heavy atom. The molecule has 0 aromatic heterocycles. The lowest BCUT2D eigenvalue weighted by atomic mass is 9.97. The quantitative estimate of drug-likeness (QED) is 0.787. The van der Waals surface area contributed by atoms with Crippen molar-refractivity contribution < 1.29 is 13.2 Å². The normalized spacial score (nSPS) is 14.9. The molecule has 0 aliphatic carbocycles. The van der Waals surface area contributed by atoms with Gasteiger partial charge in [0, 0.05) is 5.56 Å². The maximum atomic E-state index is 12.8. The molecule has 16 heavy (non-hydrogen) atoms. The van der Waals surface area contributed by atoms with Gasteiger partial charge in [-0.1, -0.05) is 13.0 Å². The first-order valence-electron chi connectivity index (χ1n) is 4.96. The Labute approximate surface area is 91.0 Å². The van der Waals surface area contributed by atoms with Gasteiger partial charge in [0.25, 0.3) is 0 Å². The molecule has 1 aliphatic heterocycles. The summed E-state index contributed by atoms with van der Waals surface area (Å²) in [5.74, 6) is -0.00928. The van der Waals surface area contributed by atoms with Gasteiger partial charge in [0.2, 0.25) is 0 Å². The molecule has 2 nitrogen and oxygen atoms in total. The van der Waals surface area contributed by atoms with Crippen molar-refractivity contribution >= 4 is 5.84 Å². The molecule has 1 heterocycles. The molecule has 86 valence electrons. The van der Waals surface area contributed by atoms with Crippen molar-refractivity contribution in [1.29, 1.82) is 0 Å². The van der Waals surface area contributed by atoms with E-state index in [0.29, 0.717) is 17.5 Å². The van der Waals surface area contributed by atoms with Crippen molar-refractivity contribution in [3.05, 3.63) is 34.4 Å². The molecule has 0 radical (unpaired) electrons. The van der Waals surface area contributed by atoms with Crippen LogP contribution in [0.25, 0.3) is 0 Å². The number of benzene rings is 1. The van der Waals surface area contributed by atoms with Gasteiger partial charge in [-0.25, -0.2) is 0 Å². The van der Waals surface area contributed by atoms with Crippen molar-refractivity contribution in [2.24, 2.45) is 10.7 Å². The fraction of sp³-hybridized carbons (Fsp3) is 0.364. The summed E-state index contributed by atoms with van der Waals surface area (Å²) >= 11 is 0. The minimum atomic E-state index is -4.38. The highest BCUT2D eigenvalue weighted by Gasteiger charge is 2.36. The van der Waals surface area contributed by atoms with Gasteiger partial charge in [-0.2, -0.15) is 13.2 Å². The van der Waals surface area contributed by atoms with Crippen LogP contribution in [-0.2, 0) is 19.1 Å². The molecular weight excluding hydrogens is 217 g/mol. The lowest BCUT2D eigenvalue weighted by Gasteiger charge is -2.14. The van der Waals surface area contributed by atoms with Crippen LogP contribution < -0.4 is 5.73 Å². The smallest absolute Gasteiger partial charge is 0.383 e. The highest BCUT2D eigenvalue weighted by atomic mass is 19.4. The molecule has 0 unspecified atom stereocenters. The molecule has 0 fully saturated rings. The number of alkyl halides is 3. The van der Waals surface area contributed by atoms with E-state index in [2.05, 4.69) is 4.99 Å². The van der Waals surface area contributed by atoms with Crippen LogP contribution in [0, 0.1) is 0 Å². The van der Waals surface area contributed by atoms with Crippen molar-refractivity contribution in [2.45, 2.75) is 26.1 Å². The van der Waals surface area contributed by atoms with E-state index >= 15 is 0 Å². The number of rotatable bonds is 1. The van der Waals surface area contributed by atoms with E-state index in [1.165, 1.54) is 0 Å². The van der Waals surface area contributed by atoms with Crippen molar-refractivity contribution in [1.82, 2.24) is 0 Å². The van der Waals surface area contributed by atoms with E-state index in [0.717, 1.165) is 6.07 Å². The average Bonchev–Trinajstić information content (AvgIpc) is 2.58. The Balaban J connectivity index is 2.66. The second-order valence-corrected chi connectivity index (χ2v) is 3.73. The number of nitrogens with two attached hydrogens (primary N) is 1. The van der Waals surface area contributed by atoms with Crippen molar-refractivity contribution in [3.63, 3.8) is 0 Å². The van der Waals surface area contributed by atoms with Gasteiger partial charge in [-0.15, -0.1) is 0 Å². The highest BCUT2D eigenvalue weighted by Crippen LogP contribution is 2.36. The molecule has 0 amide bonds. The van der Waals surface area contributed by atoms with E-state index in [1.807, 2.05) is 6.92 Å². The van der Waals surface area contributed by atoms with Crippen LogP contribution in [-0.4, -0.2) is 5.84 Å². The summed E-state index contributed by atoms with van der Waals surface area (Å²) in [7, 11) is 0. The molecule has 1 aromatic rings. The summed E-state index contributed by atoms with van der Waals surface area (Å²) in [6.45, 7) is 2.07. The summed E-state index contributed by atoms with van der Waals surface area (Å²) in [4.78, 5) is 3.85. The van der Waals surface area contributed by atoms with Crippen LogP contribution in [0.3, 0.4) is 0 Å². The van der Waals surface area contributed by atoms with E-state index in [1.54, 1.807) is 6.07 Å². The van der Waals surface area contributed by atoms with Crippen LogP contribution in [0.4, 0.5) is 13.2 Å². The SMILES string of the molecule is CCc1cc2c(c(C(F)(F)F)c1)C(N)=NC2. The van der Waals surface area contributed by atoms with Crippen LogP contribution >= 0.6 is 0 Å². The molecule has 0 saturated heterocycles. The second-order valence-electron chi connectivity index (χ2n) is 3.73.